The molecule has 3 aromatic carbocycles. The lowest BCUT2D eigenvalue weighted by Crippen LogP contribution is -2.36. The summed E-state index contributed by atoms with van der Waals surface area (Å²) < 4.78 is 26.7. The van der Waals surface area contributed by atoms with Crippen LogP contribution in [0.1, 0.15) is 24.1 Å². The molecular weight excluding hydrogens is 346 g/mol. The number of fused-ring (bicyclic) bond motifs is 1. The van der Waals surface area contributed by atoms with Crippen LogP contribution in [-0.4, -0.2) is 24.4 Å². The highest BCUT2D eigenvalue weighted by Crippen LogP contribution is 2.20. The Balaban J connectivity index is 1.58. The normalized spacial score (nSPS) is 12.3. The van der Waals surface area contributed by atoms with Gasteiger partial charge >= 0.3 is 0 Å². The van der Waals surface area contributed by atoms with Crippen LogP contribution in [0.2, 0.25) is 0 Å². The Hall–Kier alpha value is -2.79. The Morgan fingerprint density at radius 1 is 1.04 bits per heavy atom. The standard InChI is InChI=1S/C22H22F2N2O/c1-15(17-8-7-16-5-3-4-6-18(16)11-17)25-22(27)14-26(2)13-19-9-10-20(23)12-21(19)24/h3-12,15H,13-14H2,1-2H3,(H,25,27). The van der Waals surface area contributed by atoms with E-state index in [-0.39, 0.29) is 25.0 Å². The molecule has 0 spiro atoms. The molecule has 0 saturated carbocycles. The highest BCUT2D eigenvalue weighted by Gasteiger charge is 2.14. The van der Waals surface area contributed by atoms with Gasteiger partial charge in [0.05, 0.1) is 12.6 Å². The number of hydrogen-bond acceptors (Lipinski definition) is 2. The number of likely N-dealkylation sites (N-methyl/N-ethyl adjacent to an activating group) is 1. The molecule has 5 heteroatoms. The predicted octanol–water partition coefficient (Wildman–Crippen LogP) is 4.43. The molecular formula is C22H22F2N2O. The number of halogens is 2. The lowest BCUT2D eigenvalue weighted by Gasteiger charge is -2.20. The lowest BCUT2D eigenvalue weighted by molar-refractivity contribution is -0.122. The number of nitrogens with one attached hydrogen (secondary N) is 1. The van der Waals surface area contributed by atoms with Crippen molar-refractivity contribution in [1.82, 2.24) is 10.2 Å². The van der Waals surface area contributed by atoms with Crippen LogP contribution in [0, 0.1) is 11.6 Å². The monoisotopic (exact) mass is 368 g/mol. The van der Waals surface area contributed by atoms with Gasteiger partial charge in [-0.15, -0.1) is 0 Å². The maximum Gasteiger partial charge on any atom is 0.234 e. The van der Waals surface area contributed by atoms with E-state index in [0.29, 0.717) is 5.56 Å². The molecule has 1 unspecified atom stereocenters. The van der Waals surface area contributed by atoms with Gasteiger partial charge in [0.25, 0.3) is 0 Å². The zero-order valence-electron chi connectivity index (χ0n) is 15.4. The molecule has 0 aliphatic carbocycles. The minimum atomic E-state index is -0.610. The lowest BCUT2D eigenvalue weighted by atomic mass is 10.0. The summed E-state index contributed by atoms with van der Waals surface area (Å²) in [5.41, 5.74) is 1.38. The first kappa shape index (κ1) is 19.0. The number of rotatable bonds is 6. The Morgan fingerprint density at radius 2 is 1.78 bits per heavy atom. The number of benzene rings is 3. The van der Waals surface area contributed by atoms with Crippen LogP contribution in [0.4, 0.5) is 8.78 Å². The molecule has 0 radical (unpaired) electrons. The van der Waals surface area contributed by atoms with Crippen molar-refractivity contribution >= 4 is 16.7 Å². The zero-order valence-corrected chi connectivity index (χ0v) is 15.4. The van der Waals surface area contributed by atoms with E-state index < -0.39 is 11.6 Å². The highest BCUT2D eigenvalue weighted by molar-refractivity contribution is 5.83. The van der Waals surface area contributed by atoms with E-state index in [2.05, 4.69) is 11.4 Å². The quantitative estimate of drug-likeness (QED) is 0.698. The van der Waals surface area contributed by atoms with E-state index in [4.69, 9.17) is 0 Å². The molecule has 3 nitrogen and oxygen atoms in total. The van der Waals surface area contributed by atoms with Gasteiger partial charge in [0, 0.05) is 18.2 Å². The molecule has 3 rings (SSSR count). The van der Waals surface area contributed by atoms with Crippen LogP contribution in [0.3, 0.4) is 0 Å². The Bertz CT molecular complexity index is 958. The molecule has 1 atom stereocenters. The maximum absolute atomic E-state index is 13.7. The molecule has 0 fully saturated rings. The van der Waals surface area contributed by atoms with Crippen molar-refractivity contribution in [1.29, 1.82) is 0 Å². The van der Waals surface area contributed by atoms with E-state index in [1.807, 2.05) is 43.3 Å². The predicted molar refractivity (Wildman–Crippen MR) is 103 cm³/mol. The Kier molecular flexibility index (Phi) is 5.81. The van der Waals surface area contributed by atoms with Gasteiger partial charge in [-0.3, -0.25) is 9.69 Å². The second-order valence-electron chi connectivity index (χ2n) is 6.80. The fourth-order valence-electron chi connectivity index (χ4n) is 3.09. The van der Waals surface area contributed by atoms with E-state index in [0.717, 1.165) is 22.4 Å². The van der Waals surface area contributed by atoms with Gasteiger partial charge in [-0.1, -0.05) is 42.5 Å². The third kappa shape index (κ3) is 4.89. The number of carbonyl (C=O) groups excluding carboxylic acids is 1. The third-order valence-electron chi connectivity index (χ3n) is 4.52. The fraction of sp³-hybridized carbons (Fsp3) is 0.227. The summed E-state index contributed by atoms with van der Waals surface area (Å²) >= 11 is 0. The third-order valence-corrected chi connectivity index (χ3v) is 4.52. The van der Waals surface area contributed by atoms with Gasteiger partial charge in [-0.25, -0.2) is 8.78 Å². The summed E-state index contributed by atoms with van der Waals surface area (Å²) in [6.07, 6.45) is 0. The maximum atomic E-state index is 13.7. The topological polar surface area (TPSA) is 32.3 Å². The van der Waals surface area contributed by atoms with Crippen LogP contribution in [0.5, 0.6) is 0 Å². The summed E-state index contributed by atoms with van der Waals surface area (Å²) in [6, 6.07) is 17.5. The summed E-state index contributed by atoms with van der Waals surface area (Å²) in [5, 5.41) is 5.25. The average Bonchev–Trinajstić information content (AvgIpc) is 2.63. The van der Waals surface area contributed by atoms with Crippen LogP contribution >= 0.6 is 0 Å². The number of nitrogens with zero attached hydrogens (tertiary/aromatic N) is 1. The number of amides is 1. The molecule has 0 aliphatic rings. The number of hydrogen-bond donors (Lipinski definition) is 1. The summed E-state index contributed by atoms with van der Waals surface area (Å²) in [5.74, 6) is -1.37. The van der Waals surface area contributed by atoms with E-state index >= 15 is 0 Å². The van der Waals surface area contributed by atoms with Crippen molar-refractivity contribution in [2.75, 3.05) is 13.6 Å². The minimum absolute atomic E-state index is 0.120. The number of carbonyl (C=O) groups is 1. The highest BCUT2D eigenvalue weighted by atomic mass is 19.1. The fourth-order valence-corrected chi connectivity index (χ4v) is 3.09. The first-order valence-electron chi connectivity index (χ1n) is 8.83. The first-order chi connectivity index (χ1) is 12.9. The molecule has 0 aliphatic heterocycles. The summed E-state index contributed by atoms with van der Waals surface area (Å²) in [6.45, 7) is 2.28. The van der Waals surface area contributed by atoms with Crippen molar-refractivity contribution in [2.24, 2.45) is 0 Å². The summed E-state index contributed by atoms with van der Waals surface area (Å²) in [7, 11) is 1.73. The molecule has 0 heterocycles. The Labute approximate surface area is 157 Å². The van der Waals surface area contributed by atoms with Crippen molar-refractivity contribution in [2.45, 2.75) is 19.5 Å². The van der Waals surface area contributed by atoms with Gasteiger partial charge in [0.1, 0.15) is 11.6 Å². The van der Waals surface area contributed by atoms with Gasteiger partial charge in [-0.05, 0) is 42.4 Å². The second-order valence-corrected chi connectivity index (χ2v) is 6.80. The average molecular weight is 368 g/mol. The SMILES string of the molecule is CC(NC(=O)CN(C)Cc1ccc(F)cc1F)c1ccc2ccccc2c1. The van der Waals surface area contributed by atoms with Crippen molar-refractivity contribution in [3.05, 3.63) is 83.4 Å². The molecule has 0 saturated heterocycles. The molecule has 3 aromatic rings. The largest absolute Gasteiger partial charge is 0.348 e. The molecule has 1 amide bonds. The smallest absolute Gasteiger partial charge is 0.234 e. The van der Waals surface area contributed by atoms with E-state index in [9.17, 15) is 13.6 Å². The van der Waals surface area contributed by atoms with Crippen molar-refractivity contribution in [3.8, 4) is 0 Å². The van der Waals surface area contributed by atoms with Gasteiger partial charge in [0.2, 0.25) is 5.91 Å². The van der Waals surface area contributed by atoms with Crippen LogP contribution in [0.15, 0.2) is 60.7 Å². The molecule has 0 aromatic heterocycles. The van der Waals surface area contributed by atoms with Gasteiger partial charge < -0.3 is 5.32 Å². The van der Waals surface area contributed by atoms with Crippen LogP contribution < -0.4 is 5.32 Å². The van der Waals surface area contributed by atoms with Gasteiger partial charge in [-0.2, -0.15) is 0 Å². The van der Waals surface area contributed by atoms with Gasteiger partial charge in [0.15, 0.2) is 0 Å². The molecule has 1 N–H and O–H groups in total. The van der Waals surface area contributed by atoms with Crippen molar-refractivity contribution in [3.63, 3.8) is 0 Å². The van der Waals surface area contributed by atoms with E-state index in [1.165, 1.54) is 12.1 Å². The first-order valence-corrected chi connectivity index (χ1v) is 8.83. The van der Waals surface area contributed by atoms with E-state index in [1.54, 1.807) is 11.9 Å². The Morgan fingerprint density at radius 3 is 2.52 bits per heavy atom. The second kappa shape index (κ2) is 8.27. The molecule has 27 heavy (non-hydrogen) atoms. The van der Waals surface area contributed by atoms with Crippen LogP contribution in [-0.2, 0) is 11.3 Å². The minimum Gasteiger partial charge on any atom is -0.348 e. The van der Waals surface area contributed by atoms with Crippen LogP contribution in [0.25, 0.3) is 10.8 Å². The summed E-state index contributed by atoms with van der Waals surface area (Å²) in [4.78, 5) is 14.0. The van der Waals surface area contributed by atoms with Crippen molar-refractivity contribution < 1.29 is 13.6 Å². The zero-order chi connectivity index (χ0) is 19.4. The molecule has 0 bridgehead atoms. The molecule has 140 valence electrons.